The van der Waals surface area contributed by atoms with Crippen molar-refractivity contribution in [2.75, 3.05) is 31.7 Å². The molecule has 0 heterocycles. The van der Waals surface area contributed by atoms with E-state index >= 15 is 0 Å². The third-order valence-corrected chi connectivity index (χ3v) is 3.83. The van der Waals surface area contributed by atoms with Crippen LogP contribution in [0.3, 0.4) is 0 Å². The second kappa shape index (κ2) is 10.1. The Balaban J connectivity index is 1.78. The molecule has 0 aromatic heterocycles. The summed E-state index contributed by atoms with van der Waals surface area (Å²) < 4.78 is 17.3. The molecule has 0 fully saturated rings. The average Bonchev–Trinajstić information content (AvgIpc) is 2.59. The summed E-state index contributed by atoms with van der Waals surface area (Å²) in [7, 11) is 0. The summed E-state index contributed by atoms with van der Waals surface area (Å²) in [4.78, 5) is 12.0. The third-order valence-electron chi connectivity index (χ3n) is 3.33. The van der Waals surface area contributed by atoms with Gasteiger partial charge in [-0.1, -0.05) is 15.9 Å². The lowest BCUT2D eigenvalue weighted by Gasteiger charge is -2.10. The maximum absolute atomic E-state index is 12.0. The third kappa shape index (κ3) is 6.76. The molecule has 2 aromatic rings. The van der Waals surface area contributed by atoms with Gasteiger partial charge in [-0.05, 0) is 61.9 Å². The van der Waals surface area contributed by atoms with Crippen molar-refractivity contribution in [1.82, 2.24) is 0 Å². The molecule has 0 spiro atoms. The van der Waals surface area contributed by atoms with E-state index in [9.17, 15) is 4.79 Å². The van der Waals surface area contributed by atoms with Gasteiger partial charge < -0.3 is 19.5 Å². The Kier molecular flexibility index (Phi) is 7.76. The fourth-order valence-electron chi connectivity index (χ4n) is 2.11. The first-order chi connectivity index (χ1) is 12.1. The number of aryl methyl sites for hydroxylation is 1. The molecular weight excluding hydrogens is 386 g/mol. The fourth-order valence-corrected chi connectivity index (χ4v) is 2.59. The summed E-state index contributed by atoms with van der Waals surface area (Å²) >= 11 is 3.40. The lowest BCUT2D eigenvalue weighted by molar-refractivity contribution is -0.118. The molecule has 0 saturated carbocycles. The van der Waals surface area contributed by atoms with Gasteiger partial charge in [0.2, 0.25) is 0 Å². The minimum atomic E-state index is -0.215. The fraction of sp³-hybridized carbons (Fsp3) is 0.316. The smallest absolute Gasteiger partial charge is 0.262 e. The Labute approximate surface area is 156 Å². The molecule has 2 aromatic carbocycles. The Morgan fingerprint density at radius 3 is 2.52 bits per heavy atom. The Morgan fingerprint density at radius 1 is 1.08 bits per heavy atom. The minimum absolute atomic E-state index is 0.0465. The molecule has 0 aliphatic rings. The Hall–Kier alpha value is -2.05. The van der Waals surface area contributed by atoms with E-state index in [1.165, 1.54) is 0 Å². The predicted octanol–water partition coefficient (Wildman–Crippen LogP) is 4.19. The molecule has 2 rings (SSSR count). The van der Waals surface area contributed by atoms with E-state index in [2.05, 4.69) is 21.2 Å². The molecule has 0 unspecified atom stereocenters. The highest BCUT2D eigenvalue weighted by molar-refractivity contribution is 9.10. The van der Waals surface area contributed by atoms with E-state index in [1.54, 1.807) is 24.3 Å². The second-order valence-electron chi connectivity index (χ2n) is 5.32. The van der Waals surface area contributed by atoms with Gasteiger partial charge in [0.15, 0.2) is 6.61 Å². The lowest BCUT2D eigenvalue weighted by atomic mass is 10.2. The summed E-state index contributed by atoms with van der Waals surface area (Å²) in [6.45, 7) is 5.56. The molecule has 0 aliphatic carbocycles. The number of halogens is 1. The van der Waals surface area contributed by atoms with Crippen molar-refractivity contribution >= 4 is 27.5 Å². The highest BCUT2D eigenvalue weighted by atomic mass is 79.9. The largest absolute Gasteiger partial charge is 0.491 e. The molecule has 0 bridgehead atoms. The molecule has 0 radical (unpaired) electrons. The van der Waals surface area contributed by atoms with Crippen molar-refractivity contribution in [3.63, 3.8) is 0 Å². The normalized spacial score (nSPS) is 10.4. The van der Waals surface area contributed by atoms with Gasteiger partial charge in [-0.25, -0.2) is 0 Å². The van der Waals surface area contributed by atoms with Crippen LogP contribution in [-0.2, 0) is 9.53 Å². The first kappa shape index (κ1) is 19.3. The van der Waals surface area contributed by atoms with Crippen LogP contribution >= 0.6 is 15.9 Å². The summed E-state index contributed by atoms with van der Waals surface area (Å²) in [5.41, 5.74) is 1.66. The molecule has 25 heavy (non-hydrogen) atoms. The van der Waals surface area contributed by atoms with Crippen LogP contribution in [0.15, 0.2) is 46.9 Å². The van der Waals surface area contributed by atoms with Gasteiger partial charge >= 0.3 is 0 Å². The molecule has 0 atom stereocenters. The van der Waals surface area contributed by atoms with Crippen molar-refractivity contribution in [3.8, 4) is 11.5 Å². The zero-order valence-electron chi connectivity index (χ0n) is 14.4. The number of carbonyl (C=O) groups excluding carboxylic acids is 1. The van der Waals surface area contributed by atoms with Gasteiger partial charge in [0.25, 0.3) is 5.91 Å². The summed E-state index contributed by atoms with van der Waals surface area (Å²) in [6.07, 6.45) is 0. The number of rotatable bonds is 9. The average molecular weight is 408 g/mol. The quantitative estimate of drug-likeness (QED) is 0.633. The molecule has 5 nitrogen and oxygen atoms in total. The maximum Gasteiger partial charge on any atom is 0.262 e. The van der Waals surface area contributed by atoms with E-state index in [4.69, 9.17) is 14.2 Å². The molecular formula is C19H22BrNO4. The van der Waals surface area contributed by atoms with Crippen LogP contribution in [0.2, 0.25) is 0 Å². The van der Waals surface area contributed by atoms with Crippen LogP contribution in [0, 0.1) is 6.92 Å². The zero-order valence-corrected chi connectivity index (χ0v) is 16.0. The van der Waals surface area contributed by atoms with E-state index in [0.29, 0.717) is 31.3 Å². The van der Waals surface area contributed by atoms with Crippen LogP contribution in [0.25, 0.3) is 0 Å². The molecule has 1 N–H and O–H groups in total. The number of anilines is 1. The maximum atomic E-state index is 12.0. The first-order valence-electron chi connectivity index (χ1n) is 8.08. The zero-order chi connectivity index (χ0) is 18.1. The summed E-state index contributed by atoms with van der Waals surface area (Å²) in [5, 5.41) is 2.79. The van der Waals surface area contributed by atoms with Gasteiger partial charge in [-0.3, -0.25) is 4.79 Å². The predicted molar refractivity (Wildman–Crippen MR) is 101 cm³/mol. The van der Waals surface area contributed by atoms with Crippen molar-refractivity contribution in [2.45, 2.75) is 13.8 Å². The number of ether oxygens (including phenoxy) is 3. The van der Waals surface area contributed by atoms with Gasteiger partial charge in [-0.2, -0.15) is 0 Å². The van der Waals surface area contributed by atoms with E-state index < -0.39 is 0 Å². The van der Waals surface area contributed by atoms with E-state index in [0.717, 1.165) is 15.8 Å². The monoisotopic (exact) mass is 407 g/mol. The Bertz CT molecular complexity index is 688. The van der Waals surface area contributed by atoms with Gasteiger partial charge in [0.05, 0.1) is 6.61 Å². The highest BCUT2D eigenvalue weighted by Gasteiger charge is 2.06. The number of nitrogens with one attached hydrogen (secondary N) is 1. The second-order valence-corrected chi connectivity index (χ2v) is 6.23. The van der Waals surface area contributed by atoms with E-state index in [1.807, 2.05) is 32.0 Å². The molecule has 0 saturated heterocycles. The van der Waals surface area contributed by atoms with Crippen LogP contribution in [-0.4, -0.2) is 32.3 Å². The molecule has 1 amide bonds. The van der Waals surface area contributed by atoms with Gasteiger partial charge in [-0.15, -0.1) is 0 Å². The number of hydrogen-bond donors (Lipinski definition) is 1. The van der Waals surface area contributed by atoms with Gasteiger partial charge in [0, 0.05) is 16.8 Å². The summed E-state index contributed by atoms with van der Waals surface area (Å²) in [5.74, 6) is 1.21. The topological polar surface area (TPSA) is 56.8 Å². The SMILES string of the molecule is CCOCCOc1ccc(NC(=O)COc2ccc(Br)cc2C)cc1. The summed E-state index contributed by atoms with van der Waals surface area (Å²) in [6, 6.07) is 12.9. The molecule has 134 valence electrons. The van der Waals surface area contributed by atoms with Crippen molar-refractivity contribution in [1.29, 1.82) is 0 Å². The molecule has 6 heteroatoms. The van der Waals surface area contributed by atoms with Crippen LogP contribution in [0.4, 0.5) is 5.69 Å². The standard InChI is InChI=1S/C19H22BrNO4/c1-3-23-10-11-24-17-7-5-16(6-8-17)21-19(22)13-25-18-9-4-15(20)12-14(18)2/h4-9,12H,3,10-11,13H2,1-2H3,(H,21,22). The van der Waals surface area contributed by atoms with Crippen molar-refractivity contribution in [2.24, 2.45) is 0 Å². The minimum Gasteiger partial charge on any atom is -0.491 e. The van der Waals surface area contributed by atoms with Crippen LogP contribution < -0.4 is 14.8 Å². The van der Waals surface area contributed by atoms with Gasteiger partial charge in [0.1, 0.15) is 18.1 Å². The molecule has 0 aliphatic heterocycles. The number of benzene rings is 2. The van der Waals surface area contributed by atoms with Crippen molar-refractivity contribution < 1.29 is 19.0 Å². The van der Waals surface area contributed by atoms with Crippen LogP contribution in [0.1, 0.15) is 12.5 Å². The number of carbonyl (C=O) groups is 1. The Morgan fingerprint density at radius 2 is 1.84 bits per heavy atom. The van der Waals surface area contributed by atoms with Crippen molar-refractivity contribution in [3.05, 3.63) is 52.5 Å². The highest BCUT2D eigenvalue weighted by Crippen LogP contribution is 2.22. The van der Waals surface area contributed by atoms with E-state index in [-0.39, 0.29) is 12.5 Å². The van der Waals surface area contributed by atoms with Crippen LogP contribution in [0.5, 0.6) is 11.5 Å². The number of amides is 1. The number of hydrogen-bond acceptors (Lipinski definition) is 4. The first-order valence-corrected chi connectivity index (χ1v) is 8.87. The lowest BCUT2D eigenvalue weighted by Crippen LogP contribution is -2.20.